The van der Waals surface area contributed by atoms with Crippen molar-refractivity contribution in [3.8, 4) is 10.8 Å². The summed E-state index contributed by atoms with van der Waals surface area (Å²) in [5.74, 6) is 1.20. The molecule has 1 saturated heterocycles. The number of hydrogen-bond acceptors (Lipinski definition) is 7. The molecule has 1 amide bonds. The number of anilines is 1. The van der Waals surface area contributed by atoms with E-state index in [0.29, 0.717) is 29.0 Å². The largest absolute Gasteiger partial charge is 0.440 e. The van der Waals surface area contributed by atoms with E-state index >= 15 is 0 Å². The second-order valence-electron chi connectivity index (χ2n) is 7.28. The maximum absolute atomic E-state index is 13.4. The van der Waals surface area contributed by atoms with Crippen molar-refractivity contribution in [1.82, 2.24) is 9.97 Å². The van der Waals surface area contributed by atoms with Gasteiger partial charge in [-0.3, -0.25) is 9.69 Å². The minimum atomic E-state index is -0.0429. The summed E-state index contributed by atoms with van der Waals surface area (Å²) >= 11 is 3.10. The van der Waals surface area contributed by atoms with Crippen molar-refractivity contribution in [3.05, 3.63) is 53.2 Å². The zero-order valence-corrected chi connectivity index (χ0v) is 18.2. The minimum Gasteiger partial charge on any atom is -0.440 e. The van der Waals surface area contributed by atoms with Crippen LogP contribution in [0.3, 0.4) is 0 Å². The lowest BCUT2D eigenvalue weighted by molar-refractivity contribution is -0.118. The van der Waals surface area contributed by atoms with Gasteiger partial charge in [0.2, 0.25) is 11.8 Å². The Balaban J connectivity index is 1.42. The smallest absolute Gasteiger partial charge is 0.236 e. The van der Waals surface area contributed by atoms with Crippen LogP contribution in [0, 0.1) is 6.92 Å². The fourth-order valence-corrected chi connectivity index (χ4v) is 5.23. The Labute approximate surface area is 182 Å². The molecule has 1 unspecified atom stereocenters. The molecule has 0 spiro atoms. The third-order valence-corrected chi connectivity index (χ3v) is 7.09. The van der Waals surface area contributed by atoms with Crippen molar-refractivity contribution in [2.45, 2.75) is 32.3 Å². The number of fused-ring (bicyclic) bond motifs is 1. The number of para-hydroxylation sites is 1. The third kappa shape index (κ3) is 3.90. The minimum absolute atomic E-state index is 0.0426. The Morgan fingerprint density at radius 2 is 2.13 bits per heavy atom. The number of ether oxygens (including phenoxy) is 1. The summed E-state index contributed by atoms with van der Waals surface area (Å²) in [6.07, 6.45) is 2.20. The van der Waals surface area contributed by atoms with Crippen LogP contribution in [0.2, 0.25) is 0 Å². The zero-order chi connectivity index (χ0) is 20.5. The second kappa shape index (κ2) is 8.29. The summed E-state index contributed by atoms with van der Waals surface area (Å²) < 4.78 is 12.7. The number of aryl methyl sites for hydroxylation is 1. The number of oxazole rings is 1. The Morgan fingerprint density at radius 3 is 2.90 bits per heavy atom. The van der Waals surface area contributed by atoms with E-state index in [2.05, 4.69) is 4.98 Å². The van der Waals surface area contributed by atoms with Gasteiger partial charge in [-0.1, -0.05) is 29.5 Å². The SMILES string of the molecule is Cc1oc(-c2cccs2)nc1CC(=O)N(CC1CCCO1)c1nc2ccccc2s1. The van der Waals surface area contributed by atoms with Gasteiger partial charge in [0.1, 0.15) is 5.76 Å². The van der Waals surface area contributed by atoms with Gasteiger partial charge >= 0.3 is 0 Å². The maximum Gasteiger partial charge on any atom is 0.236 e. The molecule has 1 atom stereocenters. The van der Waals surface area contributed by atoms with Gasteiger partial charge in [0.05, 0.1) is 39.9 Å². The Kier molecular flexibility index (Phi) is 5.37. The van der Waals surface area contributed by atoms with Gasteiger partial charge in [-0.2, -0.15) is 0 Å². The van der Waals surface area contributed by atoms with Crippen molar-refractivity contribution in [2.24, 2.45) is 0 Å². The molecule has 8 heteroatoms. The Bertz CT molecular complexity index is 1130. The standard InChI is InChI=1S/C22H21N3O3S2/c1-14-17(23-21(28-14)19-9-5-11-29-19)12-20(26)25(13-15-6-4-10-27-15)22-24-16-7-2-3-8-18(16)30-22/h2-3,5,7-9,11,15H,4,6,10,12-13H2,1H3. The first kappa shape index (κ1) is 19.4. The van der Waals surface area contributed by atoms with Crippen LogP contribution in [0.25, 0.3) is 21.0 Å². The van der Waals surface area contributed by atoms with Gasteiger partial charge in [0, 0.05) is 6.61 Å². The van der Waals surface area contributed by atoms with Crippen LogP contribution >= 0.6 is 22.7 Å². The van der Waals surface area contributed by atoms with Crippen molar-refractivity contribution in [3.63, 3.8) is 0 Å². The first-order chi connectivity index (χ1) is 14.7. The molecule has 0 N–H and O–H groups in total. The van der Waals surface area contributed by atoms with Crippen LogP contribution in [0.4, 0.5) is 5.13 Å². The van der Waals surface area contributed by atoms with E-state index in [9.17, 15) is 4.79 Å². The molecule has 154 valence electrons. The highest BCUT2D eigenvalue weighted by molar-refractivity contribution is 7.22. The molecule has 1 fully saturated rings. The molecule has 0 aliphatic carbocycles. The fraction of sp³-hybridized carbons (Fsp3) is 0.318. The summed E-state index contributed by atoms with van der Waals surface area (Å²) in [5.41, 5.74) is 1.57. The van der Waals surface area contributed by atoms with E-state index < -0.39 is 0 Å². The van der Waals surface area contributed by atoms with E-state index in [0.717, 1.165) is 34.5 Å². The molecule has 0 bridgehead atoms. The predicted octanol–water partition coefficient (Wildman–Crippen LogP) is 5.08. The number of carbonyl (C=O) groups is 1. The quantitative estimate of drug-likeness (QED) is 0.419. The predicted molar refractivity (Wildman–Crippen MR) is 119 cm³/mol. The summed E-state index contributed by atoms with van der Waals surface area (Å²) in [6, 6.07) is 11.9. The highest BCUT2D eigenvalue weighted by Gasteiger charge is 2.27. The zero-order valence-electron chi connectivity index (χ0n) is 16.5. The highest BCUT2D eigenvalue weighted by atomic mass is 32.1. The van der Waals surface area contributed by atoms with Crippen molar-refractivity contribution in [2.75, 3.05) is 18.1 Å². The van der Waals surface area contributed by atoms with Crippen LogP contribution in [-0.4, -0.2) is 35.1 Å². The normalized spacial score (nSPS) is 16.4. The maximum atomic E-state index is 13.4. The first-order valence-corrected chi connectivity index (χ1v) is 11.6. The van der Waals surface area contributed by atoms with Crippen LogP contribution in [0.5, 0.6) is 0 Å². The lowest BCUT2D eigenvalue weighted by atomic mass is 10.2. The second-order valence-corrected chi connectivity index (χ2v) is 9.24. The van der Waals surface area contributed by atoms with E-state index in [1.807, 2.05) is 48.7 Å². The molecule has 1 aliphatic heterocycles. The number of carbonyl (C=O) groups excluding carboxylic acids is 1. The van der Waals surface area contributed by atoms with E-state index in [4.69, 9.17) is 14.1 Å². The van der Waals surface area contributed by atoms with Crippen LogP contribution in [0.15, 0.2) is 46.2 Å². The van der Waals surface area contributed by atoms with Crippen LogP contribution < -0.4 is 4.90 Å². The number of amides is 1. The molecule has 4 heterocycles. The highest BCUT2D eigenvalue weighted by Crippen LogP contribution is 2.31. The molecule has 1 aromatic carbocycles. The first-order valence-electron chi connectivity index (χ1n) is 9.95. The van der Waals surface area contributed by atoms with Gasteiger partial charge in [0.25, 0.3) is 0 Å². The number of thiophene rings is 1. The number of aromatic nitrogens is 2. The van der Waals surface area contributed by atoms with Crippen LogP contribution in [-0.2, 0) is 16.0 Å². The van der Waals surface area contributed by atoms with Gasteiger partial charge in [-0.25, -0.2) is 9.97 Å². The molecule has 6 nitrogen and oxygen atoms in total. The summed E-state index contributed by atoms with van der Waals surface area (Å²) in [7, 11) is 0. The van der Waals surface area contributed by atoms with Gasteiger partial charge in [0.15, 0.2) is 5.13 Å². The summed E-state index contributed by atoms with van der Waals surface area (Å²) in [5, 5.41) is 2.69. The number of benzene rings is 1. The third-order valence-electron chi connectivity index (χ3n) is 5.17. The molecule has 0 radical (unpaired) electrons. The molecule has 30 heavy (non-hydrogen) atoms. The van der Waals surface area contributed by atoms with Crippen molar-refractivity contribution < 1.29 is 13.9 Å². The van der Waals surface area contributed by atoms with Gasteiger partial charge in [-0.15, -0.1) is 11.3 Å². The Hall–Kier alpha value is -2.55. The van der Waals surface area contributed by atoms with Crippen molar-refractivity contribution >= 4 is 43.9 Å². The molecule has 1 aliphatic rings. The molecule has 3 aromatic heterocycles. The number of nitrogens with zero attached hydrogens (tertiary/aromatic N) is 3. The lowest BCUT2D eigenvalue weighted by Crippen LogP contribution is -2.38. The number of rotatable bonds is 6. The average Bonchev–Trinajstić information content (AvgIpc) is 3.53. The number of thiazole rings is 1. The van der Waals surface area contributed by atoms with Crippen molar-refractivity contribution in [1.29, 1.82) is 0 Å². The molecular weight excluding hydrogens is 418 g/mol. The fourth-order valence-electron chi connectivity index (χ4n) is 3.59. The number of hydrogen-bond donors (Lipinski definition) is 0. The Morgan fingerprint density at radius 1 is 1.23 bits per heavy atom. The molecular formula is C22H21N3O3S2. The van der Waals surface area contributed by atoms with E-state index in [-0.39, 0.29) is 18.4 Å². The summed E-state index contributed by atoms with van der Waals surface area (Å²) in [6.45, 7) is 3.11. The molecule has 0 saturated carbocycles. The van der Waals surface area contributed by atoms with E-state index in [1.165, 1.54) is 11.3 Å². The topological polar surface area (TPSA) is 68.5 Å². The molecule has 4 aromatic rings. The van der Waals surface area contributed by atoms with Crippen LogP contribution in [0.1, 0.15) is 24.3 Å². The average molecular weight is 440 g/mol. The monoisotopic (exact) mass is 439 g/mol. The molecule has 5 rings (SSSR count). The summed E-state index contributed by atoms with van der Waals surface area (Å²) in [4.78, 5) is 25.4. The van der Waals surface area contributed by atoms with Gasteiger partial charge < -0.3 is 9.15 Å². The van der Waals surface area contributed by atoms with E-state index in [1.54, 1.807) is 16.2 Å². The van der Waals surface area contributed by atoms with Gasteiger partial charge in [-0.05, 0) is 43.3 Å². The lowest BCUT2D eigenvalue weighted by Gasteiger charge is -2.22.